The van der Waals surface area contributed by atoms with Crippen molar-refractivity contribution in [2.24, 2.45) is 5.92 Å². The monoisotopic (exact) mass is 214 g/mol. The minimum absolute atomic E-state index is 0.0352. The van der Waals surface area contributed by atoms with Crippen LogP contribution in [0.3, 0.4) is 0 Å². The Bertz CT molecular complexity index is 191. The summed E-state index contributed by atoms with van der Waals surface area (Å²) in [4.78, 5) is 13.7. The summed E-state index contributed by atoms with van der Waals surface area (Å²) in [5, 5.41) is 3.29. The van der Waals surface area contributed by atoms with Gasteiger partial charge >= 0.3 is 5.97 Å². The van der Waals surface area contributed by atoms with E-state index in [1.54, 1.807) is 0 Å². The van der Waals surface area contributed by atoms with Crippen LogP contribution in [0.25, 0.3) is 0 Å². The van der Waals surface area contributed by atoms with Crippen LogP contribution in [0.2, 0.25) is 0 Å². The molecule has 0 unspecified atom stereocenters. The van der Waals surface area contributed by atoms with E-state index < -0.39 is 0 Å². The van der Waals surface area contributed by atoms with E-state index in [9.17, 15) is 4.79 Å². The average Bonchev–Trinajstić information content (AvgIpc) is 2.29. The van der Waals surface area contributed by atoms with Gasteiger partial charge in [-0.1, -0.05) is 13.8 Å². The Morgan fingerprint density at radius 2 is 2.13 bits per heavy atom. The number of carbonyl (C=O) groups excluding carboxylic acids is 1. The number of esters is 1. The summed E-state index contributed by atoms with van der Waals surface area (Å²) < 4.78 is 5.20. The van der Waals surface area contributed by atoms with Crippen LogP contribution >= 0.6 is 0 Å². The van der Waals surface area contributed by atoms with Crippen molar-refractivity contribution in [3.05, 3.63) is 0 Å². The van der Waals surface area contributed by atoms with Gasteiger partial charge in [0.1, 0.15) is 6.61 Å². The van der Waals surface area contributed by atoms with Gasteiger partial charge in [0.05, 0.1) is 5.92 Å². The Balaban J connectivity index is 2.07. The van der Waals surface area contributed by atoms with E-state index in [0.29, 0.717) is 6.61 Å². The highest BCUT2D eigenvalue weighted by Gasteiger charge is 2.13. The topological polar surface area (TPSA) is 41.6 Å². The molecule has 0 radical (unpaired) electrons. The van der Waals surface area contributed by atoms with E-state index >= 15 is 0 Å². The van der Waals surface area contributed by atoms with Gasteiger partial charge in [0.15, 0.2) is 0 Å². The number of rotatable bonds is 5. The van der Waals surface area contributed by atoms with Crippen molar-refractivity contribution in [2.45, 2.75) is 20.3 Å². The Hall–Kier alpha value is -0.610. The lowest BCUT2D eigenvalue weighted by Gasteiger charge is -2.26. The average molecular weight is 214 g/mol. The van der Waals surface area contributed by atoms with Crippen LogP contribution in [0.4, 0.5) is 0 Å². The highest BCUT2D eigenvalue weighted by Crippen LogP contribution is 2.03. The molecule has 1 saturated heterocycles. The minimum Gasteiger partial charge on any atom is -0.464 e. The number of carbonyl (C=O) groups is 1. The van der Waals surface area contributed by atoms with Crippen molar-refractivity contribution in [1.29, 1.82) is 0 Å². The number of nitrogens with zero attached hydrogens (tertiary/aromatic N) is 1. The number of piperazine rings is 1. The van der Waals surface area contributed by atoms with Crippen molar-refractivity contribution < 1.29 is 9.53 Å². The maximum atomic E-state index is 11.4. The van der Waals surface area contributed by atoms with E-state index in [0.717, 1.165) is 39.1 Å². The molecule has 1 fully saturated rings. The van der Waals surface area contributed by atoms with Gasteiger partial charge in [0, 0.05) is 32.7 Å². The number of ether oxygens (including phenoxy) is 1. The molecule has 1 heterocycles. The standard InChI is InChI=1S/C11H22N2O2/c1-3-10(2)11(14)15-9-8-13-6-4-12-5-7-13/h10,12H,3-9H2,1-2H3/t10-/m1/s1. The van der Waals surface area contributed by atoms with Crippen LogP contribution in [0.5, 0.6) is 0 Å². The highest BCUT2D eigenvalue weighted by molar-refractivity contribution is 5.71. The van der Waals surface area contributed by atoms with Gasteiger partial charge in [-0.05, 0) is 6.42 Å². The summed E-state index contributed by atoms with van der Waals surface area (Å²) in [5.41, 5.74) is 0. The van der Waals surface area contributed by atoms with E-state index in [-0.39, 0.29) is 11.9 Å². The Kier molecular flexibility index (Phi) is 5.65. The second-order valence-corrected chi connectivity index (χ2v) is 4.07. The zero-order chi connectivity index (χ0) is 11.1. The molecule has 88 valence electrons. The fourth-order valence-electron chi connectivity index (χ4n) is 1.52. The fourth-order valence-corrected chi connectivity index (χ4v) is 1.52. The van der Waals surface area contributed by atoms with E-state index in [2.05, 4.69) is 10.2 Å². The summed E-state index contributed by atoms with van der Waals surface area (Å²) in [6.45, 7) is 9.50. The smallest absolute Gasteiger partial charge is 0.308 e. The summed E-state index contributed by atoms with van der Waals surface area (Å²) in [5.74, 6) is -0.0272. The van der Waals surface area contributed by atoms with Crippen LogP contribution in [0.1, 0.15) is 20.3 Å². The molecule has 1 aliphatic heterocycles. The summed E-state index contributed by atoms with van der Waals surface area (Å²) in [7, 11) is 0. The highest BCUT2D eigenvalue weighted by atomic mass is 16.5. The van der Waals surface area contributed by atoms with Gasteiger partial charge in [-0.2, -0.15) is 0 Å². The first-order chi connectivity index (χ1) is 7.24. The molecule has 1 N–H and O–H groups in total. The lowest BCUT2D eigenvalue weighted by atomic mass is 10.1. The van der Waals surface area contributed by atoms with Gasteiger partial charge in [-0.15, -0.1) is 0 Å². The summed E-state index contributed by atoms with van der Waals surface area (Å²) in [6, 6.07) is 0. The second-order valence-electron chi connectivity index (χ2n) is 4.07. The van der Waals surface area contributed by atoms with Crippen LogP contribution in [-0.2, 0) is 9.53 Å². The lowest BCUT2D eigenvalue weighted by Crippen LogP contribution is -2.44. The lowest BCUT2D eigenvalue weighted by molar-refractivity contribution is -0.148. The predicted octanol–water partition coefficient (Wildman–Crippen LogP) is 0.481. The number of hydrogen-bond donors (Lipinski definition) is 1. The third-order valence-electron chi connectivity index (χ3n) is 2.88. The molecular weight excluding hydrogens is 192 g/mol. The third kappa shape index (κ3) is 4.62. The molecule has 1 aliphatic rings. The molecule has 0 bridgehead atoms. The largest absolute Gasteiger partial charge is 0.464 e. The van der Waals surface area contributed by atoms with Crippen LogP contribution in [-0.4, -0.2) is 50.2 Å². The quantitative estimate of drug-likeness (QED) is 0.676. The van der Waals surface area contributed by atoms with Gasteiger partial charge in [0.25, 0.3) is 0 Å². The fraction of sp³-hybridized carbons (Fsp3) is 0.909. The molecule has 4 nitrogen and oxygen atoms in total. The van der Waals surface area contributed by atoms with Crippen molar-refractivity contribution >= 4 is 5.97 Å². The summed E-state index contributed by atoms with van der Waals surface area (Å²) in [6.07, 6.45) is 0.854. The zero-order valence-corrected chi connectivity index (χ0v) is 9.79. The zero-order valence-electron chi connectivity index (χ0n) is 9.79. The van der Waals surface area contributed by atoms with Crippen molar-refractivity contribution in [3.8, 4) is 0 Å². The first kappa shape index (κ1) is 12.5. The molecular formula is C11H22N2O2. The Morgan fingerprint density at radius 3 is 2.73 bits per heavy atom. The van der Waals surface area contributed by atoms with Crippen molar-refractivity contribution in [3.63, 3.8) is 0 Å². The Labute approximate surface area is 92.0 Å². The van der Waals surface area contributed by atoms with Crippen LogP contribution in [0, 0.1) is 5.92 Å². The van der Waals surface area contributed by atoms with Gasteiger partial charge in [-0.25, -0.2) is 0 Å². The molecule has 0 spiro atoms. The van der Waals surface area contributed by atoms with Gasteiger partial charge in [0.2, 0.25) is 0 Å². The maximum absolute atomic E-state index is 11.4. The second kappa shape index (κ2) is 6.80. The van der Waals surface area contributed by atoms with Crippen molar-refractivity contribution in [2.75, 3.05) is 39.3 Å². The first-order valence-corrected chi connectivity index (χ1v) is 5.83. The Morgan fingerprint density at radius 1 is 1.47 bits per heavy atom. The van der Waals surface area contributed by atoms with E-state index in [1.807, 2.05) is 13.8 Å². The van der Waals surface area contributed by atoms with Crippen LogP contribution in [0.15, 0.2) is 0 Å². The van der Waals surface area contributed by atoms with Gasteiger partial charge < -0.3 is 10.1 Å². The number of nitrogens with one attached hydrogen (secondary N) is 1. The SMILES string of the molecule is CC[C@@H](C)C(=O)OCCN1CCNCC1. The predicted molar refractivity (Wildman–Crippen MR) is 59.7 cm³/mol. The molecule has 0 amide bonds. The molecule has 15 heavy (non-hydrogen) atoms. The molecule has 0 aliphatic carbocycles. The number of hydrogen-bond acceptors (Lipinski definition) is 4. The maximum Gasteiger partial charge on any atom is 0.308 e. The summed E-state index contributed by atoms with van der Waals surface area (Å²) >= 11 is 0. The molecule has 1 atom stereocenters. The molecule has 0 aromatic carbocycles. The van der Waals surface area contributed by atoms with E-state index in [1.165, 1.54) is 0 Å². The normalized spacial score (nSPS) is 19.9. The third-order valence-corrected chi connectivity index (χ3v) is 2.88. The van der Waals surface area contributed by atoms with Crippen LogP contribution < -0.4 is 5.32 Å². The molecule has 4 heteroatoms. The van der Waals surface area contributed by atoms with E-state index in [4.69, 9.17) is 4.74 Å². The molecule has 0 saturated carbocycles. The first-order valence-electron chi connectivity index (χ1n) is 5.83. The molecule has 0 aromatic rings. The van der Waals surface area contributed by atoms with Crippen molar-refractivity contribution in [1.82, 2.24) is 10.2 Å². The molecule has 1 rings (SSSR count). The minimum atomic E-state index is -0.0624. The van der Waals surface area contributed by atoms with Gasteiger partial charge in [-0.3, -0.25) is 9.69 Å². The molecule has 0 aromatic heterocycles.